The van der Waals surface area contributed by atoms with Crippen LogP contribution in [0.3, 0.4) is 0 Å². The van der Waals surface area contributed by atoms with E-state index in [1.165, 1.54) is 12.3 Å². The highest BCUT2D eigenvalue weighted by Gasteiger charge is 2.13. The van der Waals surface area contributed by atoms with Crippen LogP contribution in [0.1, 0.15) is 19.4 Å². The van der Waals surface area contributed by atoms with Gasteiger partial charge in [-0.15, -0.1) is 0 Å². The maximum atomic E-state index is 12.5. The lowest BCUT2D eigenvalue weighted by Crippen LogP contribution is -2.14. The minimum Gasteiger partial charge on any atom is -0.460 e. The van der Waals surface area contributed by atoms with E-state index in [1.54, 1.807) is 38.1 Å². The minimum absolute atomic E-state index is 0.100. The zero-order valence-corrected chi connectivity index (χ0v) is 14.2. The molecule has 0 aliphatic carbocycles. The number of hydrogen-bond donors (Lipinski definition) is 0. The molecule has 128 valence electrons. The highest BCUT2D eigenvalue weighted by Crippen LogP contribution is 2.24. The van der Waals surface area contributed by atoms with Crippen LogP contribution >= 0.6 is 0 Å². The summed E-state index contributed by atoms with van der Waals surface area (Å²) in [7, 11) is 0. The van der Waals surface area contributed by atoms with E-state index in [2.05, 4.69) is 0 Å². The summed E-state index contributed by atoms with van der Waals surface area (Å²) in [6.07, 6.45) is 1.26. The molecule has 0 spiro atoms. The molecule has 0 saturated carbocycles. The van der Waals surface area contributed by atoms with E-state index < -0.39 is 0 Å². The molecule has 0 fully saturated rings. The maximum Gasteiger partial charge on any atom is 0.313 e. The Hall–Kier alpha value is -3.08. The number of ether oxygens (including phenoxy) is 2. The first-order chi connectivity index (χ1) is 11.9. The van der Waals surface area contributed by atoms with Crippen molar-refractivity contribution < 1.29 is 18.7 Å². The highest BCUT2D eigenvalue weighted by molar-refractivity contribution is 5.81. The fraction of sp³-hybridized carbons (Fsp3) is 0.200. The van der Waals surface area contributed by atoms with E-state index in [9.17, 15) is 9.59 Å². The summed E-state index contributed by atoms with van der Waals surface area (Å²) < 4.78 is 16.3. The minimum atomic E-state index is -0.346. The van der Waals surface area contributed by atoms with E-state index >= 15 is 0 Å². The molecule has 25 heavy (non-hydrogen) atoms. The molecule has 5 nitrogen and oxygen atoms in total. The largest absolute Gasteiger partial charge is 0.460 e. The summed E-state index contributed by atoms with van der Waals surface area (Å²) >= 11 is 0. The van der Waals surface area contributed by atoms with Gasteiger partial charge >= 0.3 is 5.97 Å². The summed E-state index contributed by atoms with van der Waals surface area (Å²) in [6, 6.07) is 12.0. The van der Waals surface area contributed by atoms with Crippen LogP contribution in [0.5, 0.6) is 17.2 Å². The molecule has 5 heteroatoms. The lowest BCUT2D eigenvalue weighted by Gasteiger charge is -2.08. The van der Waals surface area contributed by atoms with Crippen molar-refractivity contribution in [1.29, 1.82) is 0 Å². The van der Waals surface area contributed by atoms with Crippen molar-refractivity contribution in [3.63, 3.8) is 0 Å². The zero-order valence-electron chi connectivity index (χ0n) is 14.2. The Balaban J connectivity index is 1.91. The van der Waals surface area contributed by atoms with Crippen LogP contribution in [0, 0.1) is 12.8 Å². The molecule has 0 saturated heterocycles. The molecule has 2 aromatic carbocycles. The second-order valence-corrected chi connectivity index (χ2v) is 6.08. The summed E-state index contributed by atoms with van der Waals surface area (Å²) in [4.78, 5) is 24.2. The predicted molar refractivity (Wildman–Crippen MR) is 94.2 cm³/mol. The molecular weight excluding hydrogens is 320 g/mol. The van der Waals surface area contributed by atoms with Gasteiger partial charge in [-0.05, 0) is 31.2 Å². The standard InChI is InChI=1S/C20H18O5/c1-12(2)20(22)25-15-8-9-16-17(10-15)23-11-18(19(16)21)24-14-6-4-13(3)5-7-14/h4-12H,1-3H3. The van der Waals surface area contributed by atoms with Crippen molar-refractivity contribution in [2.24, 2.45) is 5.92 Å². The van der Waals surface area contributed by atoms with E-state index in [0.29, 0.717) is 22.5 Å². The lowest BCUT2D eigenvalue weighted by molar-refractivity contribution is -0.137. The van der Waals surface area contributed by atoms with Gasteiger partial charge in [0.05, 0.1) is 11.3 Å². The van der Waals surface area contributed by atoms with Gasteiger partial charge in [0.1, 0.15) is 23.3 Å². The van der Waals surface area contributed by atoms with Crippen LogP contribution in [0.4, 0.5) is 0 Å². The second-order valence-electron chi connectivity index (χ2n) is 6.08. The second kappa shape index (κ2) is 6.81. The van der Waals surface area contributed by atoms with Gasteiger partial charge in [-0.3, -0.25) is 9.59 Å². The van der Waals surface area contributed by atoms with Crippen molar-refractivity contribution in [3.05, 3.63) is 64.5 Å². The fourth-order valence-electron chi connectivity index (χ4n) is 2.19. The van der Waals surface area contributed by atoms with Gasteiger partial charge in [-0.25, -0.2) is 0 Å². The Morgan fingerprint density at radius 2 is 1.72 bits per heavy atom. The summed E-state index contributed by atoms with van der Waals surface area (Å²) in [5, 5.41) is 0.356. The van der Waals surface area contributed by atoms with Gasteiger partial charge < -0.3 is 13.9 Å². The van der Waals surface area contributed by atoms with Crippen molar-refractivity contribution >= 4 is 16.9 Å². The third kappa shape index (κ3) is 3.71. The molecule has 0 aliphatic rings. The SMILES string of the molecule is Cc1ccc(Oc2coc3cc(OC(=O)C(C)C)ccc3c2=O)cc1. The van der Waals surface area contributed by atoms with Gasteiger partial charge in [0.15, 0.2) is 0 Å². The maximum absolute atomic E-state index is 12.5. The number of rotatable bonds is 4. The van der Waals surface area contributed by atoms with Gasteiger partial charge in [0, 0.05) is 6.07 Å². The Bertz CT molecular complexity index is 968. The van der Waals surface area contributed by atoms with Crippen molar-refractivity contribution in [2.75, 3.05) is 0 Å². The molecule has 0 amide bonds. The first-order valence-corrected chi connectivity index (χ1v) is 7.96. The zero-order chi connectivity index (χ0) is 18.0. The molecule has 0 bridgehead atoms. The van der Waals surface area contributed by atoms with Crippen molar-refractivity contribution in [3.8, 4) is 17.2 Å². The number of aryl methyl sites for hydroxylation is 1. The lowest BCUT2D eigenvalue weighted by atomic mass is 10.2. The highest BCUT2D eigenvalue weighted by atomic mass is 16.5. The normalized spacial score (nSPS) is 10.9. The van der Waals surface area contributed by atoms with E-state index in [4.69, 9.17) is 13.9 Å². The molecule has 0 radical (unpaired) electrons. The van der Waals surface area contributed by atoms with Crippen molar-refractivity contribution in [2.45, 2.75) is 20.8 Å². The van der Waals surface area contributed by atoms with E-state index in [1.807, 2.05) is 19.1 Å². The summed E-state index contributed by atoms with van der Waals surface area (Å²) in [5.74, 6) is 0.401. The number of hydrogen-bond acceptors (Lipinski definition) is 5. The van der Waals surface area contributed by atoms with Crippen LogP contribution < -0.4 is 14.9 Å². The van der Waals surface area contributed by atoms with Gasteiger partial charge in [0.2, 0.25) is 11.2 Å². The number of carbonyl (C=O) groups excluding carboxylic acids is 1. The van der Waals surface area contributed by atoms with Crippen LogP contribution in [0.2, 0.25) is 0 Å². The molecule has 3 aromatic rings. The topological polar surface area (TPSA) is 65.7 Å². The first-order valence-electron chi connectivity index (χ1n) is 7.96. The molecule has 1 heterocycles. The molecule has 1 aromatic heterocycles. The van der Waals surface area contributed by atoms with Crippen molar-refractivity contribution in [1.82, 2.24) is 0 Å². The van der Waals surface area contributed by atoms with Crippen LogP contribution in [0.15, 0.2) is 57.9 Å². The van der Waals surface area contributed by atoms with Crippen LogP contribution in [-0.2, 0) is 4.79 Å². The molecule has 0 atom stereocenters. The summed E-state index contributed by atoms with van der Waals surface area (Å²) in [5.41, 5.74) is 1.14. The monoisotopic (exact) mass is 338 g/mol. The molecule has 0 unspecified atom stereocenters. The van der Waals surface area contributed by atoms with Gasteiger partial charge in [-0.1, -0.05) is 31.5 Å². The summed E-state index contributed by atoms with van der Waals surface area (Å²) in [6.45, 7) is 5.47. The molecule has 0 aliphatic heterocycles. The van der Waals surface area contributed by atoms with E-state index in [-0.39, 0.29) is 23.1 Å². The first kappa shape index (κ1) is 16.8. The Morgan fingerprint density at radius 1 is 1.04 bits per heavy atom. The average molecular weight is 338 g/mol. The Labute approximate surface area is 144 Å². The smallest absolute Gasteiger partial charge is 0.313 e. The number of carbonyl (C=O) groups is 1. The number of benzene rings is 2. The molecule has 3 rings (SSSR count). The van der Waals surface area contributed by atoms with E-state index in [0.717, 1.165) is 5.56 Å². The predicted octanol–water partition coefficient (Wildman–Crippen LogP) is 4.46. The third-order valence-electron chi connectivity index (χ3n) is 3.65. The quantitative estimate of drug-likeness (QED) is 0.519. The number of fused-ring (bicyclic) bond motifs is 1. The average Bonchev–Trinajstić information content (AvgIpc) is 2.59. The molecular formula is C20H18O5. The Morgan fingerprint density at radius 3 is 2.40 bits per heavy atom. The Kier molecular flexibility index (Phi) is 4.57. The third-order valence-corrected chi connectivity index (χ3v) is 3.65. The van der Waals surface area contributed by atoms with Gasteiger partial charge in [0.25, 0.3) is 0 Å². The van der Waals surface area contributed by atoms with Crippen LogP contribution in [-0.4, -0.2) is 5.97 Å². The molecule has 0 N–H and O–H groups in total. The van der Waals surface area contributed by atoms with Gasteiger partial charge in [-0.2, -0.15) is 0 Å². The fourth-order valence-corrected chi connectivity index (χ4v) is 2.19. The number of esters is 1. The van der Waals surface area contributed by atoms with Crippen LogP contribution in [0.25, 0.3) is 11.0 Å².